The van der Waals surface area contributed by atoms with Gasteiger partial charge in [-0.15, -0.1) is 0 Å². The first-order valence-corrected chi connectivity index (χ1v) is 10.2. The molecule has 2 saturated heterocycles. The van der Waals surface area contributed by atoms with Gasteiger partial charge in [-0.1, -0.05) is 0 Å². The summed E-state index contributed by atoms with van der Waals surface area (Å²) in [5, 5.41) is 2.92. The van der Waals surface area contributed by atoms with Gasteiger partial charge >= 0.3 is 6.03 Å². The molecular weight excluding hydrogens is 358 g/mol. The SMILES string of the molecule is COc1ccc(NC(=O)N2CCC(CC(=O)N3CCCCC3)CC2)cc1OC. The number of nitrogens with one attached hydrogen (secondary N) is 1. The van der Waals surface area contributed by atoms with Crippen LogP contribution in [-0.2, 0) is 4.79 Å². The van der Waals surface area contributed by atoms with Crippen molar-refractivity contribution in [2.75, 3.05) is 45.7 Å². The van der Waals surface area contributed by atoms with Crippen LogP contribution < -0.4 is 14.8 Å². The van der Waals surface area contributed by atoms with Crippen molar-refractivity contribution in [1.82, 2.24) is 9.80 Å². The molecule has 0 atom stereocenters. The number of likely N-dealkylation sites (tertiary alicyclic amines) is 2. The normalized spacial score (nSPS) is 17.9. The Hall–Kier alpha value is -2.44. The second kappa shape index (κ2) is 9.66. The molecule has 0 radical (unpaired) electrons. The molecule has 0 aliphatic carbocycles. The van der Waals surface area contributed by atoms with Gasteiger partial charge in [-0.25, -0.2) is 4.79 Å². The van der Waals surface area contributed by atoms with Gasteiger partial charge in [-0.05, 0) is 50.2 Å². The lowest BCUT2D eigenvalue weighted by Crippen LogP contribution is -2.42. The van der Waals surface area contributed by atoms with E-state index >= 15 is 0 Å². The Morgan fingerprint density at radius 1 is 0.964 bits per heavy atom. The number of ether oxygens (including phenoxy) is 2. The third-order valence-corrected chi connectivity index (χ3v) is 5.71. The van der Waals surface area contributed by atoms with Gasteiger partial charge in [0.15, 0.2) is 11.5 Å². The van der Waals surface area contributed by atoms with E-state index in [0.717, 1.165) is 38.8 Å². The van der Waals surface area contributed by atoms with E-state index in [2.05, 4.69) is 5.32 Å². The van der Waals surface area contributed by atoms with Crippen LogP contribution in [0.2, 0.25) is 0 Å². The van der Waals surface area contributed by atoms with Crippen molar-refractivity contribution < 1.29 is 19.1 Å². The fourth-order valence-electron chi connectivity index (χ4n) is 3.98. The Labute approximate surface area is 167 Å². The summed E-state index contributed by atoms with van der Waals surface area (Å²) in [5.74, 6) is 1.86. The molecule has 0 aromatic heterocycles. The van der Waals surface area contributed by atoms with E-state index in [9.17, 15) is 9.59 Å². The predicted molar refractivity (Wildman–Crippen MR) is 108 cm³/mol. The average molecular weight is 389 g/mol. The molecule has 2 aliphatic rings. The maximum Gasteiger partial charge on any atom is 0.321 e. The lowest BCUT2D eigenvalue weighted by molar-refractivity contribution is -0.133. The maximum absolute atomic E-state index is 12.6. The van der Waals surface area contributed by atoms with Crippen molar-refractivity contribution >= 4 is 17.6 Å². The molecule has 154 valence electrons. The molecular formula is C21H31N3O4. The third-order valence-electron chi connectivity index (χ3n) is 5.71. The minimum atomic E-state index is -0.118. The molecule has 7 heteroatoms. The maximum atomic E-state index is 12.6. The Morgan fingerprint density at radius 2 is 1.64 bits per heavy atom. The second-order valence-corrected chi connectivity index (χ2v) is 7.58. The smallest absolute Gasteiger partial charge is 0.321 e. The number of nitrogens with zero attached hydrogens (tertiary/aromatic N) is 2. The van der Waals surface area contributed by atoms with Crippen molar-refractivity contribution in [2.45, 2.75) is 38.5 Å². The molecule has 3 rings (SSSR count). The number of anilines is 1. The van der Waals surface area contributed by atoms with Crippen LogP contribution in [0.5, 0.6) is 11.5 Å². The first-order valence-electron chi connectivity index (χ1n) is 10.2. The van der Waals surface area contributed by atoms with E-state index in [-0.39, 0.29) is 11.9 Å². The van der Waals surface area contributed by atoms with E-state index in [4.69, 9.17) is 9.47 Å². The van der Waals surface area contributed by atoms with Crippen LogP contribution in [0.25, 0.3) is 0 Å². The van der Waals surface area contributed by atoms with Crippen molar-refractivity contribution in [2.24, 2.45) is 5.92 Å². The van der Waals surface area contributed by atoms with E-state index < -0.39 is 0 Å². The van der Waals surface area contributed by atoms with Gasteiger partial charge in [-0.2, -0.15) is 0 Å². The van der Waals surface area contributed by atoms with Crippen LogP contribution >= 0.6 is 0 Å². The van der Waals surface area contributed by atoms with E-state index in [1.165, 1.54) is 6.42 Å². The van der Waals surface area contributed by atoms with E-state index in [1.807, 2.05) is 9.80 Å². The summed E-state index contributed by atoms with van der Waals surface area (Å²) >= 11 is 0. The molecule has 2 heterocycles. The van der Waals surface area contributed by atoms with Gasteiger partial charge < -0.3 is 24.6 Å². The zero-order valence-corrected chi connectivity index (χ0v) is 16.9. The standard InChI is InChI=1S/C21H31N3O4/c1-27-18-7-6-17(15-19(18)28-2)22-21(26)24-12-8-16(9-13-24)14-20(25)23-10-4-3-5-11-23/h6-7,15-16H,3-5,8-14H2,1-2H3,(H,22,26). The molecule has 0 bridgehead atoms. The van der Waals surface area contributed by atoms with E-state index in [1.54, 1.807) is 32.4 Å². The summed E-state index contributed by atoms with van der Waals surface area (Å²) in [6.45, 7) is 3.17. The second-order valence-electron chi connectivity index (χ2n) is 7.58. The summed E-state index contributed by atoms with van der Waals surface area (Å²) in [6, 6.07) is 5.20. The molecule has 0 unspecified atom stereocenters. The van der Waals surface area contributed by atoms with Gasteiger partial charge in [0.05, 0.1) is 14.2 Å². The monoisotopic (exact) mass is 389 g/mol. The van der Waals surface area contributed by atoms with Gasteiger partial charge in [0.2, 0.25) is 5.91 Å². The van der Waals surface area contributed by atoms with Crippen LogP contribution in [0.4, 0.5) is 10.5 Å². The van der Waals surface area contributed by atoms with Gasteiger partial charge in [-0.3, -0.25) is 4.79 Å². The summed E-state index contributed by atoms with van der Waals surface area (Å²) in [5.41, 5.74) is 0.671. The van der Waals surface area contributed by atoms with Crippen LogP contribution in [0.1, 0.15) is 38.5 Å². The highest BCUT2D eigenvalue weighted by molar-refractivity contribution is 5.89. The van der Waals surface area contributed by atoms with Crippen LogP contribution in [0, 0.1) is 5.92 Å². The largest absolute Gasteiger partial charge is 0.493 e. The van der Waals surface area contributed by atoms with Gasteiger partial charge in [0.25, 0.3) is 0 Å². The number of piperidine rings is 2. The number of amides is 3. The Balaban J connectivity index is 1.46. The van der Waals surface area contributed by atoms with Crippen molar-refractivity contribution in [1.29, 1.82) is 0 Å². The number of rotatable bonds is 5. The fourth-order valence-corrected chi connectivity index (χ4v) is 3.98. The molecule has 7 nitrogen and oxygen atoms in total. The molecule has 2 aliphatic heterocycles. The molecule has 3 amide bonds. The number of benzene rings is 1. The summed E-state index contributed by atoms with van der Waals surface area (Å²) in [6.07, 6.45) is 5.85. The number of hydrogen-bond donors (Lipinski definition) is 1. The number of carbonyl (C=O) groups is 2. The molecule has 1 aromatic carbocycles. The van der Waals surface area contributed by atoms with Crippen molar-refractivity contribution in [3.05, 3.63) is 18.2 Å². The predicted octanol–water partition coefficient (Wildman–Crippen LogP) is 3.35. The summed E-state index contributed by atoms with van der Waals surface area (Å²) in [4.78, 5) is 28.8. The molecule has 1 aromatic rings. The Morgan fingerprint density at radius 3 is 2.29 bits per heavy atom. The lowest BCUT2D eigenvalue weighted by Gasteiger charge is -2.33. The zero-order valence-electron chi connectivity index (χ0n) is 16.9. The highest BCUT2D eigenvalue weighted by Gasteiger charge is 2.26. The van der Waals surface area contributed by atoms with E-state index in [0.29, 0.717) is 42.6 Å². The van der Waals surface area contributed by atoms with Crippen molar-refractivity contribution in [3.8, 4) is 11.5 Å². The third kappa shape index (κ3) is 5.09. The molecule has 0 saturated carbocycles. The molecule has 28 heavy (non-hydrogen) atoms. The highest BCUT2D eigenvalue weighted by atomic mass is 16.5. The lowest BCUT2D eigenvalue weighted by atomic mass is 9.93. The van der Waals surface area contributed by atoms with Gasteiger partial charge in [0, 0.05) is 44.4 Å². The number of carbonyl (C=O) groups excluding carboxylic acids is 2. The van der Waals surface area contributed by atoms with Crippen molar-refractivity contribution in [3.63, 3.8) is 0 Å². The minimum Gasteiger partial charge on any atom is -0.493 e. The minimum absolute atomic E-state index is 0.118. The first-order chi connectivity index (χ1) is 13.6. The molecule has 1 N–H and O–H groups in total. The topological polar surface area (TPSA) is 71.1 Å². The van der Waals surface area contributed by atoms with Gasteiger partial charge in [0.1, 0.15) is 0 Å². The van der Waals surface area contributed by atoms with Crippen LogP contribution in [-0.4, -0.2) is 62.1 Å². The fraction of sp³-hybridized carbons (Fsp3) is 0.619. The molecule has 0 spiro atoms. The first kappa shape index (κ1) is 20.3. The molecule has 2 fully saturated rings. The number of methoxy groups -OCH3 is 2. The summed E-state index contributed by atoms with van der Waals surface area (Å²) < 4.78 is 10.5. The summed E-state index contributed by atoms with van der Waals surface area (Å²) in [7, 11) is 3.15. The van der Waals surface area contributed by atoms with Crippen LogP contribution in [0.3, 0.4) is 0 Å². The average Bonchev–Trinajstić information content (AvgIpc) is 2.74. The zero-order chi connectivity index (χ0) is 19.9. The Kier molecular flexibility index (Phi) is 7.01. The quantitative estimate of drug-likeness (QED) is 0.838. The number of urea groups is 1. The van der Waals surface area contributed by atoms with Crippen LogP contribution in [0.15, 0.2) is 18.2 Å². The number of hydrogen-bond acceptors (Lipinski definition) is 4. The Bertz CT molecular complexity index is 680. The highest BCUT2D eigenvalue weighted by Crippen LogP contribution is 2.30.